The van der Waals surface area contributed by atoms with Crippen LogP contribution >= 0.6 is 11.6 Å². The van der Waals surface area contributed by atoms with E-state index in [-0.39, 0.29) is 5.97 Å². The van der Waals surface area contributed by atoms with Gasteiger partial charge in [-0.1, -0.05) is 43.6 Å². The number of carbonyl (C=O) groups is 1. The highest BCUT2D eigenvalue weighted by Crippen LogP contribution is 2.30. The van der Waals surface area contributed by atoms with Crippen LogP contribution in [0.15, 0.2) is 48.7 Å². The van der Waals surface area contributed by atoms with Gasteiger partial charge in [0.1, 0.15) is 11.4 Å². The highest BCUT2D eigenvalue weighted by Gasteiger charge is 2.40. The first kappa shape index (κ1) is 27.9. The maximum atomic E-state index is 12.8. The summed E-state index contributed by atoms with van der Waals surface area (Å²) in [6.07, 6.45) is 5.04. The number of halogens is 1. The standard InChI is InChI=1S/C30H43ClN4O2/c1-22(2)27-20-35(25-13-16-33(17-14-25)28-8-6-7-15-32-28)26(18-23-9-11-24(31)12-10-23)19-34(27)21-29(36)37-30(3,4)5/h6-12,15,22,25-27H,13-14,16-21H2,1-5H3/t26-,27?/m0/s1. The van der Waals surface area contributed by atoms with Gasteiger partial charge in [-0.25, -0.2) is 4.98 Å². The number of piperazine rings is 1. The molecule has 0 amide bonds. The number of piperidine rings is 1. The lowest BCUT2D eigenvalue weighted by atomic mass is 9.90. The molecule has 0 saturated carbocycles. The van der Waals surface area contributed by atoms with Crippen LogP contribution < -0.4 is 4.90 Å². The van der Waals surface area contributed by atoms with Crippen LogP contribution in [0, 0.1) is 5.92 Å². The molecular weight excluding hydrogens is 484 g/mol. The van der Waals surface area contributed by atoms with Gasteiger partial charge in [-0.15, -0.1) is 0 Å². The number of benzene rings is 1. The first-order chi connectivity index (χ1) is 17.6. The third-order valence-corrected chi connectivity index (χ3v) is 7.85. The summed E-state index contributed by atoms with van der Waals surface area (Å²) in [4.78, 5) is 24.9. The van der Waals surface area contributed by atoms with Crippen molar-refractivity contribution in [3.05, 3.63) is 59.2 Å². The Kier molecular flexibility index (Phi) is 9.15. The van der Waals surface area contributed by atoms with Gasteiger partial charge in [0.2, 0.25) is 0 Å². The summed E-state index contributed by atoms with van der Waals surface area (Å²) in [6.45, 7) is 14.5. The van der Waals surface area contributed by atoms with Gasteiger partial charge in [-0.2, -0.15) is 0 Å². The zero-order valence-electron chi connectivity index (χ0n) is 23.1. The molecule has 1 aromatic carbocycles. The molecule has 2 aliphatic rings. The molecule has 2 aliphatic heterocycles. The second-order valence-corrected chi connectivity index (χ2v) is 12.4. The van der Waals surface area contributed by atoms with Crippen molar-refractivity contribution in [3.8, 4) is 0 Å². The van der Waals surface area contributed by atoms with Crippen LogP contribution in [0.25, 0.3) is 0 Å². The molecule has 0 spiro atoms. The minimum Gasteiger partial charge on any atom is -0.459 e. The van der Waals surface area contributed by atoms with Gasteiger partial charge in [-0.3, -0.25) is 14.6 Å². The van der Waals surface area contributed by atoms with Gasteiger partial charge in [0.05, 0.1) is 6.54 Å². The van der Waals surface area contributed by atoms with Crippen LogP contribution in [0.2, 0.25) is 5.02 Å². The molecule has 0 bridgehead atoms. The fourth-order valence-corrected chi connectivity index (χ4v) is 5.96. The first-order valence-corrected chi connectivity index (χ1v) is 14.1. The Morgan fingerprint density at radius 3 is 2.38 bits per heavy atom. The smallest absolute Gasteiger partial charge is 0.320 e. The number of nitrogens with zero attached hydrogens (tertiary/aromatic N) is 4. The summed E-state index contributed by atoms with van der Waals surface area (Å²) in [5.74, 6) is 1.37. The fourth-order valence-electron chi connectivity index (χ4n) is 5.83. The van der Waals surface area contributed by atoms with Crippen molar-refractivity contribution in [2.75, 3.05) is 37.6 Å². The lowest BCUT2D eigenvalue weighted by Crippen LogP contribution is -2.64. The summed E-state index contributed by atoms with van der Waals surface area (Å²) in [5.41, 5.74) is 0.807. The Labute approximate surface area is 227 Å². The summed E-state index contributed by atoms with van der Waals surface area (Å²) in [5, 5.41) is 0.762. The summed E-state index contributed by atoms with van der Waals surface area (Å²) in [7, 11) is 0. The Balaban J connectivity index is 1.52. The zero-order valence-corrected chi connectivity index (χ0v) is 23.8. The van der Waals surface area contributed by atoms with Crippen LogP contribution in [0.3, 0.4) is 0 Å². The largest absolute Gasteiger partial charge is 0.459 e. The van der Waals surface area contributed by atoms with Crippen LogP contribution in [0.5, 0.6) is 0 Å². The van der Waals surface area contributed by atoms with E-state index in [1.807, 2.05) is 45.2 Å². The second-order valence-electron chi connectivity index (χ2n) is 11.9. The van der Waals surface area contributed by atoms with E-state index in [2.05, 4.69) is 57.8 Å². The summed E-state index contributed by atoms with van der Waals surface area (Å²) < 4.78 is 5.71. The zero-order chi connectivity index (χ0) is 26.6. The van der Waals surface area contributed by atoms with E-state index < -0.39 is 5.60 Å². The predicted molar refractivity (Wildman–Crippen MR) is 151 cm³/mol. The molecule has 6 nitrogen and oxygen atoms in total. The average Bonchev–Trinajstić information content (AvgIpc) is 2.85. The molecule has 202 valence electrons. The molecule has 1 unspecified atom stereocenters. The number of esters is 1. The summed E-state index contributed by atoms with van der Waals surface area (Å²) >= 11 is 6.18. The summed E-state index contributed by atoms with van der Waals surface area (Å²) in [6, 6.07) is 15.5. The third-order valence-electron chi connectivity index (χ3n) is 7.59. The number of carbonyl (C=O) groups excluding carboxylic acids is 1. The Hall–Kier alpha value is -2.15. The highest BCUT2D eigenvalue weighted by atomic mass is 35.5. The number of hydrogen-bond acceptors (Lipinski definition) is 6. The van der Waals surface area contributed by atoms with Crippen molar-refractivity contribution >= 4 is 23.4 Å². The molecule has 2 saturated heterocycles. The first-order valence-electron chi connectivity index (χ1n) is 13.7. The van der Waals surface area contributed by atoms with Gasteiger partial charge >= 0.3 is 5.97 Å². The normalized spacial score (nSPS) is 22.4. The lowest BCUT2D eigenvalue weighted by Gasteiger charge is -2.52. The van der Waals surface area contributed by atoms with Gasteiger partial charge in [0.15, 0.2) is 0 Å². The molecule has 4 rings (SSSR count). The fraction of sp³-hybridized carbons (Fsp3) is 0.600. The van der Waals surface area contributed by atoms with E-state index in [9.17, 15) is 4.79 Å². The molecule has 1 aromatic heterocycles. The maximum absolute atomic E-state index is 12.8. The molecule has 0 aliphatic carbocycles. The van der Waals surface area contributed by atoms with E-state index in [1.54, 1.807) is 0 Å². The van der Waals surface area contributed by atoms with Crippen molar-refractivity contribution in [3.63, 3.8) is 0 Å². The molecule has 3 heterocycles. The Morgan fingerprint density at radius 1 is 1.08 bits per heavy atom. The molecule has 0 N–H and O–H groups in total. The van der Waals surface area contributed by atoms with E-state index in [0.29, 0.717) is 30.6 Å². The molecule has 2 fully saturated rings. The Morgan fingerprint density at radius 2 is 1.78 bits per heavy atom. The minimum absolute atomic E-state index is 0.138. The van der Waals surface area contributed by atoms with Crippen molar-refractivity contribution in [1.29, 1.82) is 0 Å². The number of anilines is 1. The van der Waals surface area contributed by atoms with E-state index in [4.69, 9.17) is 16.3 Å². The Bertz CT molecular complexity index is 1000. The van der Waals surface area contributed by atoms with Gasteiger partial charge in [-0.05, 0) is 75.8 Å². The maximum Gasteiger partial charge on any atom is 0.320 e. The van der Waals surface area contributed by atoms with Gasteiger partial charge < -0.3 is 9.64 Å². The van der Waals surface area contributed by atoms with Crippen LogP contribution in [0.1, 0.15) is 53.0 Å². The third kappa shape index (κ3) is 7.68. The molecule has 7 heteroatoms. The topological polar surface area (TPSA) is 48.9 Å². The highest BCUT2D eigenvalue weighted by molar-refractivity contribution is 6.30. The number of hydrogen-bond donors (Lipinski definition) is 0. The number of rotatable bonds is 7. The van der Waals surface area contributed by atoms with Gasteiger partial charge in [0.25, 0.3) is 0 Å². The number of ether oxygens (including phenoxy) is 1. The van der Waals surface area contributed by atoms with Crippen LogP contribution in [-0.4, -0.2) is 77.2 Å². The monoisotopic (exact) mass is 526 g/mol. The number of aromatic nitrogens is 1. The predicted octanol–water partition coefficient (Wildman–Crippen LogP) is 5.30. The van der Waals surface area contributed by atoms with E-state index in [0.717, 1.165) is 56.3 Å². The quantitative estimate of drug-likeness (QED) is 0.456. The minimum atomic E-state index is -0.476. The molecule has 2 atom stereocenters. The van der Waals surface area contributed by atoms with E-state index >= 15 is 0 Å². The van der Waals surface area contributed by atoms with Crippen molar-refractivity contribution in [2.24, 2.45) is 5.92 Å². The average molecular weight is 527 g/mol. The lowest BCUT2D eigenvalue weighted by molar-refractivity contribution is -0.158. The second kappa shape index (κ2) is 12.1. The molecule has 0 radical (unpaired) electrons. The van der Waals surface area contributed by atoms with Crippen LogP contribution in [-0.2, 0) is 16.0 Å². The van der Waals surface area contributed by atoms with Crippen molar-refractivity contribution in [1.82, 2.24) is 14.8 Å². The number of pyridine rings is 1. The van der Waals surface area contributed by atoms with Gasteiger partial charge in [0, 0.05) is 55.5 Å². The van der Waals surface area contributed by atoms with Crippen molar-refractivity contribution < 1.29 is 9.53 Å². The molecular formula is C30H43ClN4O2. The van der Waals surface area contributed by atoms with Crippen molar-refractivity contribution in [2.45, 2.75) is 77.6 Å². The SMILES string of the molecule is CC(C)C1CN(C2CCN(c3ccccn3)CC2)[C@@H](Cc2ccc(Cl)cc2)CN1CC(=O)OC(C)(C)C. The molecule has 2 aromatic rings. The van der Waals surface area contributed by atoms with E-state index in [1.165, 1.54) is 5.56 Å². The van der Waals surface area contributed by atoms with Crippen LogP contribution in [0.4, 0.5) is 5.82 Å². The molecule has 37 heavy (non-hydrogen) atoms.